The van der Waals surface area contributed by atoms with Crippen LogP contribution in [0, 0.1) is 0 Å². The topological polar surface area (TPSA) is 66.5 Å². The van der Waals surface area contributed by atoms with E-state index in [4.69, 9.17) is 0 Å². The predicted octanol–water partition coefficient (Wildman–Crippen LogP) is 2.01. The lowest BCUT2D eigenvalue weighted by Crippen LogP contribution is -2.50. The summed E-state index contributed by atoms with van der Waals surface area (Å²) < 4.78 is 26.7. The van der Waals surface area contributed by atoms with E-state index >= 15 is 0 Å². The molecule has 0 aliphatic carbocycles. The Bertz CT molecular complexity index is 587. The SMILES string of the molecule is CCCCS(=O)(=O)NC1CCCN(C(=O)c2ccccc2)C1. The first kappa shape index (κ1) is 17.0. The van der Waals surface area contributed by atoms with E-state index in [1.165, 1.54) is 0 Å². The molecule has 5 nitrogen and oxygen atoms in total. The Morgan fingerprint density at radius 3 is 2.73 bits per heavy atom. The lowest BCUT2D eigenvalue weighted by molar-refractivity contribution is 0.0703. The maximum Gasteiger partial charge on any atom is 0.253 e. The Balaban J connectivity index is 1.96. The summed E-state index contributed by atoms with van der Waals surface area (Å²) >= 11 is 0. The Kier molecular flexibility index (Phi) is 5.97. The number of hydrogen-bond acceptors (Lipinski definition) is 3. The van der Waals surface area contributed by atoms with E-state index in [2.05, 4.69) is 4.72 Å². The third kappa shape index (κ3) is 4.81. The zero-order chi connectivity index (χ0) is 16.0. The van der Waals surface area contributed by atoms with E-state index in [1.54, 1.807) is 17.0 Å². The number of sulfonamides is 1. The third-order valence-electron chi connectivity index (χ3n) is 3.84. The number of nitrogens with one attached hydrogen (secondary N) is 1. The first-order valence-electron chi connectivity index (χ1n) is 7.86. The monoisotopic (exact) mass is 324 g/mol. The van der Waals surface area contributed by atoms with Gasteiger partial charge in [-0.05, 0) is 31.4 Å². The van der Waals surface area contributed by atoms with Gasteiger partial charge in [-0.25, -0.2) is 13.1 Å². The summed E-state index contributed by atoms with van der Waals surface area (Å²) in [6.45, 7) is 3.09. The molecule has 1 atom stereocenters. The number of unbranched alkanes of at least 4 members (excludes halogenated alkanes) is 1. The maximum absolute atomic E-state index is 12.4. The summed E-state index contributed by atoms with van der Waals surface area (Å²) in [5, 5.41) is 0. The Morgan fingerprint density at radius 2 is 2.05 bits per heavy atom. The Hall–Kier alpha value is -1.40. The van der Waals surface area contributed by atoms with Crippen molar-refractivity contribution >= 4 is 15.9 Å². The summed E-state index contributed by atoms with van der Waals surface area (Å²) in [6, 6.07) is 8.94. The van der Waals surface area contributed by atoms with Gasteiger partial charge in [-0.1, -0.05) is 31.5 Å². The molecular formula is C16H24N2O3S. The molecule has 1 amide bonds. The van der Waals surface area contributed by atoms with E-state index in [9.17, 15) is 13.2 Å². The van der Waals surface area contributed by atoms with E-state index < -0.39 is 10.0 Å². The molecule has 1 aliphatic rings. The fourth-order valence-electron chi connectivity index (χ4n) is 2.67. The fraction of sp³-hybridized carbons (Fsp3) is 0.562. The zero-order valence-electron chi connectivity index (χ0n) is 13.0. The number of carbonyl (C=O) groups excluding carboxylic acids is 1. The van der Waals surface area contributed by atoms with Crippen molar-refractivity contribution in [2.75, 3.05) is 18.8 Å². The van der Waals surface area contributed by atoms with Crippen LogP contribution in [0.4, 0.5) is 0 Å². The maximum atomic E-state index is 12.4. The number of piperidine rings is 1. The molecule has 1 aliphatic heterocycles. The molecule has 2 rings (SSSR count). The summed E-state index contributed by atoms with van der Waals surface area (Å²) in [6.07, 6.45) is 3.11. The zero-order valence-corrected chi connectivity index (χ0v) is 13.8. The standard InChI is InChI=1S/C16H24N2O3S/c1-2-3-12-22(20,21)17-15-10-7-11-18(13-15)16(19)14-8-5-4-6-9-14/h4-6,8-9,15,17H,2-3,7,10-13H2,1H3. The van der Waals surface area contributed by atoms with E-state index in [0.717, 1.165) is 19.3 Å². The summed E-state index contributed by atoms with van der Waals surface area (Å²) in [5.74, 6) is 0.130. The summed E-state index contributed by atoms with van der Waals surface area (Å²) in [4.78, 5) is 14.2. The quantitative estimate of drug-likeness (QED) is 0.870. The number of rotatable bonds is 6. The average molecular weight is 324 g/mol. The molecule has 1 fully saturated rings. The van der Waals surface area contributed by atoms with Gasteiger partial charge in [0.25, 0.3) is 5.91 Å². The number of nitrogens with zero attached hydrogens (tertiary/aromatic N) is 1. The number of carbonyl (C=O) groups is 1. The van der Waals surface area contributed by atoms with Crippen LogP contribution in [-0.2, 0) is 10.0 Å². The Morgan fingerprint density at radius 1 is 1.32 bits per heavy atom. The van der Waals surface area contributed by atoms with Crippen LogP contribution in [0.1, 0.15) is 43.0 Å². The van der Waals surface area contributed by atoms with Crippen molar-refractivity contribution in [3.8, 4) is 0 Å². The van der Waals surface area contributed by atoms with Crippen molar-refractivity contribution < 1.29 is 13.2 Å². The van der Waals surface area contributed by atoms with Crippen LogP contribution in [0.5, 0.6) is 0 Å². The molecule has 1 heterocycles. The van der Waals surface area contributed by atoms with Crippen LogP contribution in [0.3, 0.4) is 0 Å². The van der Waals surface area contributed by atoms with Crippen LogP contribution >= 0.6 is 0 Å². The molecule has 122 valence electrons. The number of benzene rings is 1. The minimum Gasteiger partial charge on any atom is -0.337 e. The van der Waals surface area contributed by atoms with Gasteiger partial charge >= 0.3 is 0 Å². The molecule has 0 saturated carbocycles. The van der Waals surface area contributed by atoms with Gasteiger partial charge in [0, 0.05) is 24.7 Å². The van der Waals surface area contributed by atoms with Crippen LogP contribution in [0.25, 0.3) is 0 Å². The van der Waals surface area contributed by atoms with Gasteiger partial charge in [-0.15, -0.1) is 0 Å². The Labute approximate surface area is 132 Å². The molecule has 1 saturated heterocycles. The summed E-state index contributed by atoms with van der Waals surface area (Å²) in [5.41, 5.74) is 0.650. The molecule has 6 heteroatoms. The minimum atomic E-state index is -3.25. The molecule has 1 aromatic carbocycles. The molecule has 0 radical (unpaired) electrons. The lowest BCUT2D eigenvalue weighted by atomic mass is 10.1. The molecule has 1 N–H and O–H groups in total. The number of likely N-dealkylation sites (tertiary alicyclic amines) is 1. The van der Waals surface area contributed by atoms with E-state index in [-0.39, 0.29) is 17.7 Å². The molecule has 0 bridgehead atoms. The molecule has 1 aromatic rings. The van der Waals surface area contributed by atoms with E-state index in [0.29, 0.717) is 25.1 Å². The van der Waals surface area contributed by atoms with Gasteiger partial charge in [0.2, 0.25) is 10.0 Å². The molecule has 1 unspecified atom stereocenters. The highest BCUT2D eigenvalue weighted by atomic mass is 32.2. The molecular weight excluding hydrogens is 300 g/mol. The predicted molar refractivity (Wildman–Crippen MR) is 87.2 cm³/mol. The number of hydrogen-bond donors (Lipinski definition) is 1. The second-order valence-electron chi connectivity index (χ2n) is 5.75. The number of amides is 1. The molecule has 22 heavy (non-hydrogen) atoms. The van der Waals surface area contributed by atoms with Crippen LogP contribution in [-0.4, -0.2) is 44.1 Å². The smallest absolute Gasteiger partial charge is 0.253 e. The highest BCUT2D eigenvalue weighted by molar-refractivity contribution is 7.89. The van der Waals surface area contributed by atoms with Crippen molar-refractivity contribution in [2.45, 2.75) is 38.6 Å². The fourth-order valence-corrected chi connectivity index (χ4v) is 4.16. The largest absolute Gasteiger partial charge is 0.337 e. The van der Waals surface area contributed by atoms with Crippen molar-refractivity contribution in [2.24, 2.45) is 0 Å². The van der Waals surface area contributed by atoms with Crippen LogP contribution in [0.15, 0.2) is 30.3 Å². The lowest BCUT2D eigenvalue weighted by Gasteiger charge is -2.33. The van der Waals surface area contributed by atoms with Crippen LogP contribution in [0.2, 0.25) is 0 Å². The van der Waals surface area contributed by atoms with Crippen molar-refractivity contribution in [1.82, 2.24) is 9.62 Å². The van der Waals surface area contributed by atoms with Crippen LogP contribution < -0.4 is 4.72 Å². The van der Waals surface area contributed by atoms with Gasteiger partial charge in [0.1, 0.15) is 0 Å². The minimum absolute atomic E-state index is 0.0296. The van der Waals surface area contributed by atoms with Gasteiger partial charge in [0.15, 0.2) is 0 Å². The average Bonchev–Trinajstić information content (AvgIpc) is 2.53. The molecule has 0 spiro atoms. The highest BCUT2D eigenvalue weighted by Gasteiger charge is 2.27. The van der Waals surface area contributed by atoms with Crippen molar-refractivity contribution in [3.05, 3.63) is 35.9 Å². The molecule has 0 aromatic heterocycles. The second kappa shape index (κ2) is 7.74. The van der Waals surface area contributed by atoms with Gasteiger partial charge in [0.05, 0.1) is 5.75 Å². The first-order valence-corrected chi connectivity index (χ1v) is 9.51. The van der Waals surface area contributed by atoms with Gasteiger partial charge in [-0.3, -0.25) is 4.79 Å². The summed E-state index contributed by atoms with van der Waals surface area (Å²) in [7, 11) is -3.25. The normalized spacial score (nSPS) is 19.1. The highest BCUT2D eigenvalue weighted by Crippen LogP contribution is 2.15. The second-order valence-corrected chi connectivity index (χ2v) is 7.62. The van der Waals surface area contributed by atoms with Gasteiger partial charge < -0.3 is 4.90 Å². The van der Waals surface area contributed by atoms with Gasteiger partial charge in [-0.2, -0.15) is 0 Å². The van der Waals surface area contributed by atoms with E-state index in [1.807, 2.05) is 25.1 Å². The third-order valence-corrected chi connectivity index (χ3v) is 5.36. The first-order chi connectivity index (χ1) is 10.5. The van der Waals surface area contributed by atoms with Crippen molar-refractivity contribution in [3.63, 3.8) is 0 Å². The van der Waals surface area contributed by atoms with Crippen molar-refractivity contribution in [1.29, 1.82) is 0 Å².